The van der Waals surface area contributed by atoms with Crippen molar-refractivity contribution in [2.45, 2.75) is 39.2 Å². The molecule has 0 radical (unpaired) electrons. The molecule has 28 heavy (non-hydrogen) atoms. The number of carbonyl (C=O) groups is 1. The molecule has 1 aromatic heterocycles. The highest BCUT2D eigenvalue weighted by Crippen LogP contribution is 2.32. The Labute approximate surface area is 165 Å². The molecule has 1 saturated carbocycles. The van der Waals surface area contributed by atoms with E-state index in [2.05, 4.69) is 34.3 Å². The smallest absolute Gasteiger partial charge is 0.257 e. The van der Waals surface area contributed by atoms with Crippen LogP contribution in [0.25, 0.3) is 5.69 Å². The van der Waals surface area contributed by atoms with Gasteiger partial charge in [-0.25, -0.2) is 4.68 Å². The molecule has 2 aliphatic rings. The molecular formula is C20H28N6O2. The van der Waals surface area contributed by atoms with Gasteiger partial charge in [0, 0.05) is 38.3 Å². The molecule has 1 aliphatic heterocycles. The maximum atomic E-state index is 13.2. The van der Waals surface area contributed by atoms with Crippen LogP contribution in [0.1, 0.15) is 43.5 Å². The van der Waals surface area contributed by atoms with E-state index in [0.717, 1.165) is 32.0 Å². The molecule has 2 fully saturated rings. The molecular weight excluding hydrogens is 356 g/mol. The van der Waals surface area contributed by atoms with Gasteiger partial charge in [-0.2, -0.15) is 0 Å². The fourth-order valence-corrected chi connectivity index (χ4v) is 4.03. The predicted octanol–water partition coefficient (Wildman–Crippen LogP) is 1.95. The molecule has 1 amide bonds. The summed E-state index contributed by atoms with van der Waals surface area (Å²) in [7, 11) is 0. The average Bonchev–Trinajstić information content (AvgIpc) is 3.37. The molecule has 1 aromatic carbocycles. The van der Waals surface area contributed by atoms with Gasteiger partial charge in [0.2, 0.25) is 0 Å². The van der Waals surface area contributed by atoms with Gasteiger partial charge in [-0.05, 0) is 53.7 Å². The van der Waals surface area contributed by atoms with Crippen LogP contribution >= 0.6 is 0 Å². The van der Waals surface area contributed by atoms with Crippen molar-refractivity contribution < 1.29 is 9.90 Å². The molecule has 1 saturated heterocycles. The summed E-state index contributed by atoms with van der Waals surface area (Å²) < 4.78 is 1.45. The number of phenols is 1. The molecule has 1 atom stereocenters. The first-order valence-electron chi connectivity index (χ1n) is 10.1. The van der Waals surface area contributed by atoms with Gasteiger partial charge in [-0.1, -0.05) is 13.8 Å². The maximum Gasteiger partial charge on any atom is 0.257 e. The molecule has 8 heteroatoms. The number of amides is 1. The summed E-state index contributed by atoms with van der Waals surface area (Å²) in [5, 5.41) is 21.5. The van der Waals surface area contributed by atoms with Crippen LogP contribution in [-0.4, -0.2) is 73.2 Å². The lowest BCUT2D eigenvalue weighted by Crippen LogP contribution is -2.46. The van der Waals surface area contributed by atoms with E-state index in [1.54, 1.807) is 12.1 Å². The molecule has 4 rings (SSSR count). The molecule has 0 spiro atoms. The van der Waals surface area contributed by atoms with Gasteiger partial charge >= 0.3 is 0 Å². The van der Waals surface area contributed by atoms with Crippen molar-refractivity contribution in [2.75, 3.05) is 26.2 Å². The van der Waals surface area contributed by atoms with Crippen LogP contribution in [-0.2, 0) is 0 Å². The standard InChI is InChI=1S/C20H28N6O2/c1-14(2)18-12-25(9-3-8-24(18)11-15-4-5-15)20(28)17-7-6-16(10-19(17)27)26-13-21-22-23-26/h6-7,10,13-15,18,27H,3-5,8-9,11-12H2,1-2H3/t18-/m0/s1. The van der Waals surface area contributed by atoms with E-state index >= 15 is 0 Å². The molecule has 8 nitrogen and oxygen atoms in total. The van der Waals surface area contributed by atoms with Crippen LogP contribution in [0.5, 0.6) is 5.75 Å². The second-order valence-electron chi connectivity index (χ2n) is 8.31. The molecule has 2 aromatic rings. The van der Waals surface area contributed by atoms with E-state index in [4.69, 9.17) is 0 Å². The minimum Gasteiger partial charge on any atom is -0.507 e. The molecule has 150 valence electrons. The summed E-state index contributed by atoms with van der Waals surface area (Å²) in [6, 6.07) is 5.29. The van der Waals surface area contributed by atoms with E-state index in [1.165, 1.54) is 29.9 Å². The molecule has 0 bridgehead atoms. The quantitative estimate of drug-likeness (QED) is 0.848. The number of aromatic hydroxyl groups is 1. The highest BCUT2D eigenvalue weighted by Gasteiger charge is 2.34. The lowest BCUT2D eigenvalue weighted by atomic mass is 10.0. The molecule has 1 N–H and O–H groups in total. The van der Waals surface area contributed by atoms with Crippen molar-refractivity contribution in [3.05, 3.63) is 30.1 Å². The van der Waals surface area contributed by atoms with Crippen LogP contribution in [0.4, 0.5) is 0 Å². The summed E-state index contributed by atoms with van der Waals surface area (Å²) in [5.74, 6) is 1.16. The molecule has 2 heterocycles. The normalized spacial score (nSPS) is 21.1. The first-order chi connectivity index (χ1) is 13.5. The minimum absolute atomic E-state index is 0.0434. The van der Waals surface area contributed by atoms with Gasteiger partial charge in [0.1, 0.15) is 12.1 Å². The Morgan fingerprint density at radius 1 is 1.29 bits per heavy atom. The lowest BCUT2D eigenvalue weighted by Gasteiger charge is -2.34. The number of hydrogen-bond acceptors (Lipinski definition) is 6. The van der Waals surface area contributed by atoms with Gasteiger partial charge in [-0.15, -0.1) is 5.10 Å². The van der Waals surface area contributed by atoms with E-state index in [1.807, 2.05) is 4.90 Å². The largest absolute Gasteiger partial charge is 0.507 e. The van der Waals surface area contributed by atoms with E-state index in [9.17, 15) is 9.90 Å². The van der Waals surface area contributed by atoms with E-state index < -0.39 is 0 Å². The van der Waals surface area contributed by atoms with Crippen LogP contribution in [0.15, 0.2) is 24.5 Å². The Balaban J connectivity index is 1.52. The second kappa shape index (κ2) is 7.87. The molecule has 1 aliphatic carbocycles. The summed E-state index contributed by atoms with van der Waals surface area (Å²) in [4.78, 5) is 17.7. The highest BCUT2D eigenvalue weighted by atomic mass is 16.3. The first-order valence-corrected chi connectivity index (χ1v) is 10.1. The zero-order chi connectivity index (χ0) is 19.7. The Morgan fingerprint density at radius 3 is 2.75 bits per heavy atom. The summed E-state index contributed by atoms with van der Waals surface area (Å²) in [6.45, 7) is 8.08. The predicted molar refractivity (Wildman–Crippen MR) is 104 cm³/mol. The maximum absolute atomic E-state index is 13.2. The van der Waals surface area contributed by atoms with Crippen LogP contribution in [0, 0.1) is 11.8 Å². The fraction of sp³-hybridized carbons (Fsp3) is 0.600. The van der Waals surface area contributed by atoms with Gasteiger partial charge in [0.05, 0.1) is 11.3 Å². The SMILES string of the molecule is CC(C)[C@@H]1CN(C(=O)c2ccc(-n3cnnn3)cc2O)CCCN1CC1CC1. The number of benzene rings is 1. The minimum atomic E-state index is -0.111. The number of rotatable bonds is 5. The van der Waals surface area contributed by atoms with E-state index in [-0.39, 0.29) is 11.7 Å². The third kappa shape index (κ3) is 4.01. The zero-order valence-corrected chi connectivity index (χ0v) is 16.5. The Morgan fingerprint density at radius 2 is 2.11 bits per heavy atom. The van der Waals surface area contributed by atoms with Crippen molar-refractivity contribution in [3.8, 4) is 11.4 Å². The number of tetrazole rings is 1. The monoisotopic (exact) mass is 384 g/mol. The summed E-state index contributed by atoms with van der Waals surface area (Å²) >= 11 is 0. The number of hydrogen-bond donors (Lipinski definition) is 1. The Bertz CT molecular complexity index is 818. The number of carbonyl (C=O) groups excluding carboxylic acids is 1. The third-order valence-electron chi connectivity index (χ3n) is 5.82. The molecule has 0 unspecified atom stereocenters. The van der Waals surface area contributed by atoms with Crippen molar-refractivity contribution >= 4 is 5.91 Å². The Kier molecular flexibility index (Phi) is 5.30. The van der Waals surface area contributed by atoms with Gasteiger partial charge < -0.3 is 10.0 Å². The summed E-state index contributed by atoms with van der Waals surface area (Å²) in [5.41, 5.74) is 0.945. The van der Waals surface area contributed by atoms with Crippen molar-refractivity contribution in [1.29, 1.82) is 0 Å². The van der Waals surface area contributed by atoms with Crippen molar-refractivity contribution in [2.24, 2.45) is 11.8 Å². The second-order valence-corrected chi connectivity index (χ2v) is 8.31. The highest BCUT2D eigenvalue weighted by molar-refractivity contribution is 5.97. The van der Waals surface area contributed by atoms with Crippen LogP contribution in [0.2, 0.25) is 0 Å². The number of aromatic nitrogens is 4. The van der Waals surface area contributed by atoms with Crippen LogP contribution < -0.4 is 0 Å². The average molecular weight is 384 g/mol. The Hall–Kier alpha value is -2.48. The van der Waals surface area contributed by atoms with Gasteiger partial charge in [-0.3, -0.25) is 9.69 Å². The zero-order valence-electron chi connectivity index (χ0n) is 16.5. The van der Waals surface area contributed by atoms with E-state index in [0.29, 0.717) is 29.8 Å². The topological polar surface area (TPSA) is 87.4 Å². The third-order valence-corrected chi connectivity index (χ3v) is 5.82. The van der Waals surface area contributed by atoms with Crippen LogP contribution in [0.3, 0.4) is 0 Å². The number of nitrogens with zero attached hydrogens (tertiary/aromatic N) is 6. The summed E-state index contributed by atoms with van der Waals surface area (Å²) in [6.07, 6.45) is 5.09. The van der Waals surface area contributed by atoms with Crippen molar-refractivity contribution in [3.63, 3.8) is 0 Å². The van der Waals surface area contributed by atoms with Crippen molar-refractivity contribution in [1.82, 2.24) is 30.0 Å². The van der Waals surface area contributed by atoms with Gasteiger partial charge in [0.25, 0.3) is 5.91 Å². The number of phenolic OH excluding ortho intramolecular Hbond substituents is 1. The first kappa shape index (κ1) is 18.9. The fourth-order valence-electron chi connectivity index (χ4n) is 4.03. The lowest BCUT2D eigenvalue weighted by molar-refractivity contribution is 0.0701. The van der Waals surface area contributed by atoms with Gasteiger partial charge in [0.15, 0.2) is 0 Å².